The van der Waals surface area contributed by atoms with Gasteiger partial charge >= 0.3 is 0 Å². The first-order valence-electron chi connectivity index (χ1n) is 7.06. The summed E-state index contributed by atoms with van der Waals surface area (Å²) in [4.78, 5) is 3.08. The third-order valence-corrected chi connectivity index (χ3v) is 5.27. The zero-order valence-electron chi connectivity index (χ0n) is 11.2. The fourth-order valence-electron chi connectivity index (χ4n) is 2.92. The van der Waals surface area contributed by atoms with E-state index in [1.807, 2.05) is 11.3 Å². The Morgan fingerprint density at radius 3 is 2.59 bits per heavy atom. The quantitative estimate of drug-likeness (QED) is 0.805. The summed E-state index contributed by atoms with van der Waals surface area (Å²) in [5.74, 6) is 0.984. The number of hydrogen-bond acceptors (Lipinski definition) is 2. The van der Waals surface area contributed by atoms with E-state index in [2.05, 4.69) is 31.4 Å². The van der Waals surface area contributed by atoms with E-state index in [-0.39, 0.29) is 0 Å². The average Bonchev–Trinajstić information content (AvgIpc) is 2.99. The van der Waals surface area contributed by atoms with Gasteiger partial charge in [0, 0.05) is 15.8 Å². The predicted molar refractivity (Wildman–Crippen MR) is 76.8 cm³/mol. The number of nitrogens with one attached hydrogen (secondary N) is 1. The molecular formula is C15H25NS. The zero-order valence-corrected chi connectivity index (χ0v) is 12.0. The molecule has 96 valence electrons. The van der Waals surface area contributed by atoms with E-state index in [1.165, 1.54) is 49.8 Å². The molecule has 0 aromatic carbocycles. The maximum atomic E-state index is 3.51. The molecular weight excluding hydrogens is 226 g/mol. The third kappa shape index (κ3) is 3.82. The molecule has 0 radical (unpaired) electrons. The van der Waals surface area contributed by atoms with Crippen LogP contribution >= 0.6 is 11.3 Å². The predicted octanol–water partition coefficient (Wildman–Crippen LogP) is 4.02. The van der Waals surface area contributed by atoms with Gasteiger partial charge in [-0.3, -0.25) is 0 Å². The molecule has 0 spiro atoms. The standard InChI is InChI=1S/C15H25NS/c1-3-14-8-9-15(17-14)11-13(16-2)10-12-6-4-5-7-12/h8-9,12-13,16H,3-7,10-11H2,1-2H3. The summed E-state index contributed by atoms with van der Waals surface area (Å²) < 4.78 is 0. The molecule has 1 N–H and O–H groups in total. The summed E-state index contributed by atoms with van der Waals surface area (Å²) in [6, 6.07) is 5.30. The van der Waals surface area contributed by atoms with Crippen LogP contribution in [0.5, 0.6) is 0 Å². The topological polar surface area (TPSA) is 12.0 Å². The number of thiophene rings is 1. The molecule has 0 amide bonds. The third-order valence-electron chi connectivity index (χ3n) is 4.01. The van der Waals surface area contributed by atoms with Crippen molar-refractivity contribution in [2.75, 3.05) is 7.05 Å². The summed E-state index contributed by atoms with van der Waals surface area (Å²) in [5, 5.41) is 3.51. The molecule has 1 fully saturated rings. The van der Waals surface area contributed by atoms with Crippen LogP contribution in [-0.2, 0) is 12.8 Å². The Kier molecular flexibility index (Phi) is 5.05. The van der Waals surface area contributed by atoms with Gasteiger partial charge in [0.15, 0.2) is 0 Å². The minimum absolute atomic E-state index is 0.682. The van der Waals surface area contributed by atoms with Gasteiger partial charge in [-0.1, -0.05) is 32.6 Å². The number of aryl methyl sites for hydroxylation is 1. The van der Waals surface area contributed by atoms with E-state index in [0.717, 1.165) is 5.92 Å². The van der Waals surface area contributed by atoms with Crippen molar-refractivity contribution in [1.29, 1.82) is 0 Å². The lowest BCUT2D eigenvalue weighted by molar-refractivity contribution is 0.404. The van der Waals surface area contributed by atoms with Crippen LogP contribution in [0, 0.1) is 5.92 Å². The van der Waals surface area contributed by atoms with Crippen LogP contribution in [-0.4, -0.2) is 13.1 Å². The van der Waals surface area contributed by atoms with Crippen LogP contribution < -0.4 is 5.32 Å². The molecule has 2 rings (SSSR count). The van der Waals surface area contributed by atoms with Crippen molar-refractivity contribution < 1.29 is 0 Å². The molecule has 1 aromatic rings. The maximum Gasteiger partial charge on any atom is 0.0115 e. The van der Waals surface area contributed by atoms with Crippen molar-refractivity contribution >= 4 is 11.3 Å². The summed E-state index contributed by atoms with van der Waals surface area (Å²) in [6.45, 7) is 2.24. The zero-order chi connectivity index (χ0) is 12.1. The number of likely N-dealkylation sites (N-methyl/N-ethyl adjacent to an activating group) is 1. The Balaban J connectivity index is 1.85. The molecule has 1 aliphatic carbocycles. The Bertz CT molecular complexity index is 325. The SMILES string of the molecule is CCc1ccc(CC(CC2CCCC2)NC)s1. The molecule has 1 aliphatic rings. The van der Waals surface area contributed by atoms with Crippen molar-refractivity contribution in [2.45, 2.75) is 57.9 Å². The van der Waals surface area contributed by atoms with E-state index in [4.69, 9.17) is 0 Å². The molecule has 1 heterocycles. The van der Waals surface area contributed by atoms with Crippen molar-refractivity contribution in [3.63, 3.8) is 0 Å². The van der Waals surface area contributed by atoms with Crippen LogP contribution in [0.2, 0.25) is 0 Å². The van der Waals surface area contributed by atoms with E-state index in [0.29, 0.717) is 6.04 Å². The molecule has 0 bridgehead atoms. The molecule has 1 unspecified atom stereocenters. The van der Waals surface area contributed by atoms with E-state index in [1.54, 1.807) is 4.88 Å². The Labute approximate surface area is 110 Å². The maximum absolute atomic E-state index is 3.51. The average molecular weight is 251 g/mol. The fourth-order valence-corrected chi connectivity index (χ4v) is 3.95. The highest BCUT2D eigenvalue weighted by molar-refractivity contribution is 7.11. The molecule has 1 saturated carbocycles. The molecule has 17 heavy (non-hydrogen) atoms. The number of hydrogen-bond donors (Lipinski definition) is 1. The first-order valence-corrected chi connectivity index (χ1v) is 7.88. The lowest BCUT2D eigenvalue weighted by Crippen LogP contribution is -2.29. The van der Waals surface area contributed by atoms with Gasteiger partial charge in [-0.25, -0.2) is 0 Å². The second-order valence-electron chi connectivity index (χ2n) is 5.30. The minimum atomic E-state index is 0.682. The summed E-state index contributed by atoms with van der Waals surface area (Å²) in [6.07, 6.45) is 9.61. The van der Waals surface area contributed by atoms with E-state index in [9.17, 15) is 0 Å². The van der Waals surface area contributed by atoms with Crippen LogP contribution in [0.4, 0.5) is 0 Å². The van der Waals surface area contributed by atoms with Crippen molar-refractivity contribution in [3.05, 3.63) is 21.9 Å². The van der Waals surface area contributed by atoms with Gasteiger partial charge in [-0.05, 0) is 44.4 Å². The highest BCUT2D eigenvalue weighted by Gasteiger charge is 2.19. The normalized spacial score (nSPS) is 18.7. The molecule has 1 aromatic heterocycles. The van der Waals surface area contributed by atoms with Gasteiger partial charge in [0.05, 0.1) is 0 Å². The largest absolute Gasteiger partial charge is 0.317 e. The van der Waals surface area contributed by atoms with Crippen LogP contribution in [0.1, 0.15) is 48.8 Å². The van der Waals surface area contributed by atoms with Gasteiger partial charge < -0.3 is 5.32 Å². The van der Waals surface area contributed by atoms with Gasteiger partial charge in [0.1, 0.15) is 0 Å². The molecule has 0 aliphatic heterocycles. The van der Waals surface area contributed by atoms with Crippen LogP contribution in [0.25, 0.3) is 0 Å². The van der Waals surface area contributed by atoms with Gasteiger partial charge in [-0.2, -0.15) is 0 Å². The van der Waals surface area contributed by atoms with Gasteiger partial charge in [0.2, 0.25) is 0 Å². The highest BCUT2D eigenvalue weighted by atomic mass is 32.1. The lowest BCUT2D eigenvalue weighted by atomic mass is 9.96. The Morgan fingerprint density at radius 1 is 1.29 bits per heavy atom. The second-order valence-corrected chi connectivity index (χ2v) is 6.55. The van der Waals surface area contributed by atoms with Crippen molar-refractivity contribution in [2.24, 2.45) is 5.92 Å². The molecule has 0 saturated heterocycles. The van der Waals surface area contributed by atoms with Crippen LogP contribution in [0.3, 0.4) is 0 Å². The van der Waals surface area contributed by atoms with Crippen LogP contribution in [0.15, 0.2) is 12.1 Å². The van der Waals surface area contributed by atoms with Crippen molar-refractivity contribution in [3.8, 4) is 0 Å². The van der Waals surface area contributed by atoms with Crippen molar-refractivity contribution in [1.82, 2.24) is 5.32 Å². The lowest BCUT2D eigenvalue weighted by Gasteiger charge is -2.19. The van der Waals surface area contributed by atoms with Gasteiger partial charge in [0.25, 0.3) is 0 Å². The highest BCUT2D eigenvalue weighted by Crippen LogP contribution is 2.29. The Hall–Kier alpha value is -0.340. The van der Waals surface area contributed by atoms with E-state index >= 15 is 0 Å². The minimum Gasteiger partial charge on any atom is -0.317 e. The second kappa shape index (κ2) is 6.55. The summed E-state index contributed by atoms with van der Waals surface area (Å²) in [7, 11) is 2.12. The van der Waals surface area contributed by atoms with Gasteiger partial charge in [-0.15, -0.1) is 11.3 Å². The monoisotopic (exact) mass is 251 g/mol. The first kappa shape index (κ1) is 13.1. The molecule has 1 nitrogen and oxygen atoms in total. The Morgan fingerprint density at radius 2 is 2.00 bits per heavy atom. The molecule has 1 atom stereocenters. The molecule has 2 heteroatoms. The summed E-state index contributed by atoms with van der Waals surface area (Å²) >= 11 is 1.99. The fraction of sp³-hybridized carbons (Fsp3) is 0.733. The summed E-state index contributed by atoms with van der Waals surface area (Å²) in [5.41, 5.74) is 0. The number of rotatable bonds is 6. The first-order chi connectivity index (χ1) is 8.31. The smallest absolute Gasteiger partial charge is 0.0115 e. The van der Waals surface area contributed by atoms with E-state index < -0.39 is 0 Å².